The molecule has 0 aliphatic heterocycles. The number of aromatic nitrogens is 2. The topological polar surface area (TPSA) is 75.8 Å². The summed E-state index contributed by atoms with van der Waals surface area (Å²) in [6, 6.07) is 7.88. The maximum absolute atomic E-state index is 12.1. The van der Waals surface area contributed by atoms with Crippen molar-refractivity contribution >= 4 is 10.0 Å². The van der Waals surface area contributed by atoms with E-state index in [0.717, 1.165) is 39.2 Å². The van der Waals surface area contributed by atoms with Crippen LogP contribution in [-0.2, 0) is 16.4 Å². The molecule has 108 valence electrons. The SMILES string of the molecule is Cc1cc(-c2cnn(S(=O)(=O)C3CC3)c2)ccc1CC#N. The standard InChI is InChI=1S/C15H15N3O2S/c1-11-8-13(3-2-12(11)6-7-16)14-9-17-18(10-14)21(19,20)15-4-5-15/h2-3,8-10,15H,4-6H2,1H3. The largest absolute Gasteiger partial charge is 0.256 e. The summed E-state index contributed by atoms with van der Waals surface area (Å²) in [5.74, 6) is 0. The molecule has 21 heavy (non-hydrogen) atoms. The molecule has 0 unspecified atom stereocenters. The first-order valence-electron chi connectivity index (χ1n) is 6.78. The van der Waals surface area contributed by atoms with Crippen molar-refractivity contribution in [1.29, 1.82) is 5.26 Å². The van der Waals surface area contributed by atoms with Crippen molar-refractivity contribution in [1.82, 2.24) is 9.19 Å². The minimum absolute atomic E-state index is 0.273. The fraction of sp³-hybridized carbons (Fsp3) is 0.333. The Morgan fingerprint density at radius 3 is 2.76 bits per heavy atom. The van der Waals surface area contributed by atoms with Crippen LogP contribution in [-0.4, -0.2) is 22.9 Å². The van der Waals surface area contributed by atoms with Gasteiger partial charge in [0.2, 0.25) is 0 Å². The van der Waals surface area contributed by atoms with Gasteiger partial charge in [-0.15, -0.1) is 0 Å². The lowest BCUT2D eigenvalue weighted by Crippen LogP contribution is -2.17. The van der Waals surface area contributed by atoms with Gasteiger partial charge in [0.05, 0.1) is 30.1 Å². The average molecular weight is 301 g/mol. The molecular weight excluding hydrogens is 286 g/mol. The molecule has 1 aliphatic rings. The van der Waals surface area contributed by atoms with E-state index < -0.39 is 10.0 Å². The fourth-order valence-corrected chi connectivity index (χ4v) is 3.75. The van der Waals surface area contributed by atoms with Crippen LogP contribution in [0.5, 0.6) is 0 Å². The van der Waals surface area contributed by atoms with Crippen LogP contribution in [0.25, 0.3) is 11.1 Å². The minimum Gasteiger partial charge on any atom is -0.204 e. The molecule has 6 heteroatoms. The van der Waals surface area contributed by atoms with Gasteiger partial charge < -0.3 is 0 Å². The maximum Gasteiger partial charge on any atom is 0.256 e. The molecule has 1 aromatic heterocycles. The van der Waals surface area contributed by atoms with E-state index in [1.807, 2.05) is 25.1 Å². The number of benzene rings is 1. The summed E-state index contributed by atoms with van der Waals surface area (Å²) in [4.78, 5) is 0. The molecule has 1 fully saturated rings. The smallest absolute Gasteiger partial charge is 0.204 e. The second-order valence-corrected chi connectivity index (χ2v) is 7.39. The summed E-state index contributed by atoms with van der Waals surface area (Å²) in [7, 11) is -3.32. The number of rotatable bonds is 4. The first-order valence-corrected chi connectivity index (χ1v) is 8.28. The first-order chi connectivity index (χ1) is 10.0. The number of hydrogen-bond donors (Lipinski definition) is 0. The molecule has 0 N–H and O–H groups in total. The summed E-state index contributed by atoms with van der Waals surface area (Å²) in [6.07, 6.45) is 4.95. The van der Waals surface area contributed by atoms with E-state index in [9.17, 15) is 8.42 Å². The lowest BCUT2D eigenvalue weighted by Gasteiger charge is -2.04. The molecule has 0 amide bonds. The predicted molar refractivity (Wildman–Crippen MR) is 79.1 cm³/mol. The Balaban J connectivity index is 1.93. The second-order valence-electron chi connectivity index (χ2n) is 5.32. The second kappa shape index (κ2) is 5.01. The van der Waals surface area contributed by atoms with E-state index in [1.165, 1.54) is 0 Å². The van der Waals surface area contributed by atoms with Gasteiger partial charge >= 0.3 is 0 Å². The van der Waals surface area contributed by atoms with Crippen molar-refractivity contribution in [3.63, 3.8) is 0 Å². The molecule has 1 aromatic carbocycles. The summed E-state index contributed by atoms with van der Waals surface area (Å²) in [5.41, 5.74) is 3.68. The predicted octanol–water partition coefficient (Wildman–Crippen LogP) is 2.26. The highest BCUT2D eigenvalue weighted by molar-refractivity contribution is 7.90. The maximum atomic E-state index is 12.1. The van der Waals surface area contributed by atoms with E-state index in [-0.39, 0.29) is 5.25 Å². The third-order valence-electron chi connectivity index (χ3n) is 3.71. The molecule has 3 rings (SSSR count). The van der Waals surface area contributed by atoms with Gasteiger partial charge in [-0.1, -0.05) is 18.2 Å². The molecule has 1 heterocycles. The Labute approximate surface area is 123 Å². The van der Waals surface area contributed by atoms with Crippen LogP contribution in [0.4, 0.5) is 0 Å². The highest BCUT2D eigenvalue weighted by Gasteiger charge is 2.37. The normalized spacial score (nSPS) is 14.9. The molecule has 1 aliphatic carbocycles. The summed E-state index contributed by atoms with van der Waals surface area (Å²) in [6.45, 7) is 1.95. The van der Waals surface area contributed by atoms with Gasteiger partial charge in [-0.05, 0) is 36.5 Å². The van der Waals surface area contributed by atoms with E-state index in [0.29, 0.717) is 6.42 Å². The van der Waals surface area contributed by atoms with Crippen molar-refractivity contribution in [3.8, 4) is 17.2 Å². The van der Waals surface area contributed by atoms with Gasteiger partial charge in [-0.25, -0.2) is 8.42 Å². The van der Waals surface area contributed by atoms with Gasteiger partial charge in [0.25, 0.3) is 10.0 Å². The molecule has 0 atom stereocenters. The Hall–Kier alpha value is -2.13. The molecule has 0 bridgehead atoms. The van der Waals surface area contributed by atoms with Crippen molar-refractivity contribution in [2.24, 2.45) is 0 Å². The zero-order valence-electron chi connectivity index (χ0n) is 11.7. The summed E-state index contributed by atoms with van der Waals surface area (Å²) in [5, 5.41) is 12.5. The van der Waals surface area contributed by atoms with Crippen LogP contribution < -0.4 is 0 Å². The minimum atomic E-state index is -3.32. The molecule has 5 nitrogen and oxygen atoms in total. The van der Waals surface area contributed by atoms with Gasteiger partial charge in [0, 0.05) is 5.56 Å². The molecule has 0 radical (unpaired) electrons. The third kappa shape index (κ3) is 2.57. The van der Waals surface area contributed by atoms with Gasteiger partial charge in [0.15, 0.2) is 0 Å². The molecular formula is C15H15N3O2S. The molecule has 0 saturated heterocycles. The van der Waals surface area contributed by atoms with Gasteiger partial charge in [-0.2, -0.15) is 14.4 Å². The highest BCUT2D eigenvalue weighted by Crippen LogP contribution is 2.30. The Morgan fingerprint density at radius 2 is 2.14 bits per heavy atom. The van der Waals surface area contributed by atoms with Crippen LogP contribution in [0.3, 0.4) is 0 Å². The van der Waals surface area contributed by atoms with Crippen LogP contribution in [0, 0.1) is 18.3 Å². The number of hydrogen-bond acceptors (Lipinski definition) is 4. The van der Waals surface area contributed by atoms with Crippen molar-refractivity contribution < 1.29 is 8.42 Å². The lowest BCUT2D eigenvalue weighted by atomic mass is 10.0. The Bertz CT molecular complexity index is 827. The monoisotopic (exact) mass is 301 g/mol. The van der Waals surface area contributed by atoms with Crippen LogP contribution >= 0.6 is 0 Å². The molecule has 1 saturated carbocycles. The quantitative estimate of drug-likeness (QED) is 0.868. The van der Waals surface area contributed by atoms with Gasteiger partial charge in [-0.3, -0.25) is 0 Å². The lowest BCUT2D eigenvalue weighted by molar-refractivity contribution is 0.578. The summed E-state index contributed by atoms with van der Waals surface area (Å²) >= 11 is 0. The van der Waals surface area contributed by atoms with Crippen molar-refractivity contribution in [2.45, 2.75) is 31.4 Å². The zero-order valence-corrected chi connectivity index (χ0v) is 12.5. The fourth-order valence-electron chi connectivity index (χ4n) is 2.27. The summed E-state index contributed by atoms with van der Waals surface area (Å²) < 4.78 is 25.3. The van der Waals surface area contributed by atoms with E-state index in [4.69, 9.17) is 5.26 Å². The van der Waals surface area contributed by atoms with Crippen molar-refractivity contribution in [3.05, 3.63) is 41.7 Å². The Kier molecular flexibility index (Phi) is 3.30. The number of aryl methyl sites for hydroxylation is 1. The first kappa shape index (κ1) is 13.8. The molecule has 2 aromatic rings. The van der Waals surface area contributed by atoms with Gasteiger partial charge in [0.1, 0.15) is 0 Å². The Morgan fingerprint density at radius 1 is 1.38 bits per heavy atom. The van der Waals surface area contributed by atoms with Crippen LogP contribution in [0.15, 0.2) is 30.6 Å². The van der Waals surface area contributed by atoms with E-state index in [2.05, 4.69) is 11.2 Å². The van der Waals surface area contributed by atoms with E-state index >= 15 is 0 Å². The van der Waals surface area contributed by atoms with Crippen LogP contribution in [0.1, 0.15) is 24.0 Å². The highest BCUT2D eigenvalue weighted by atomic mass is 32.2. The zero-order chi connectivity index (χ0) is 15.0. The average Bonchev–Trinajstić information content (AvgIpc) is 3.19. The number of nitriles is 1. The van der Waals surface area contributed by atoms with E-state index in [1.54, 1.807) is 12.4 Å². The number of nitrogens with zero attached hydrogens (tertiary/aromatic N) is 3. The van der Waals surface area contributed by atoms with Crippen molar-refractivity contribution in [2.75, 3.05) is 0 Å². The van der Waals surface area contributed by atoms with Crippen LogP contribution in [0.2, 0.25) is 0 Å². The third-order valence-corrected chi connectivity index (χ3v) is 5.75. The molecule has 0 spiro atoms.